The van der Waals surface area contributed by atoms with Gasteiger partial charge in [-0.05, 0) is 37.3 Å². The van der Waals surface area contributed by atoms with Gasteiger partial charge in [0.1, 0.15) is 24.2 Å². The van der Waals surface area contributed by atoms with Gasteiger partial charge in [0.2, 0.25) is 0 Å². The summed E-state index contributed by atoms with van der Waals surface area (Å²) in [5.41, 5.74) is 0. The molecule has 1 aromatic carbocycles. The second-order valence-electron chi connectivity index (χ2n) is 4.57. The molecule has 0 saturated heterocycles. The molecule has 2 unspecified atom stereocenters. The lowest BCUT2D eigenvalue weighted by Crippen LogP contribution is -2.32. The third kappa shape index (κ3) is 4.67. The molecule has 0 saturated carbocycles. The number of nitrogens with one attached hydrogen (secondary N) is 1. The molecule has 0 aliphatic carbocycles. The van der Waals surface area contributed by atoms with E-state index in [0.717, 1.165) is 16.0 Å². The average molecular weight is 340 g/mol. The Morgan fingerprint density at radius 2 is 2.20 bits per heavy atom. The fraction of sp³-hybridized carbons (Fsp3) is 0.333. The van der Waals surface area contributed by atoms with Gasteiger partial charge in [0.15, 0.2) is 0 Å². The van der Waals surface area contributed by atoms with Crippen molar-refractivity contribution in [2.45, 2.75) is 19.1 Å². The Morgan fingerprint density at radius 1 is 1.35 bits per heavy atom. The van der Waals surface area contributed by atoms with E-state index in [0.29, 0.717) is 6.54 Å². The van der Waals surface area contributed by atoms with Crippen LogP contribution in [0.1, 0.15) is 18.7 Å². The summed E-state index contributed by atoms with van der Waals surface area (Å²) in [5.74, 6) is 1.59. The number of ether oxygens (including phenoxy) is 1. The van der Waals surface area contributed by atoms with E-state index in [1.165, 1.54) is 0 Å². The van der Waals surface area contributed by atoms with Crippen LogP contribution in [0.5, 0.6) is 5.75 Å². The number of aliphatic hydroxyl groups is 1. The Labute approximate surface area is 126 Å². The highest BCUT2D eigenvalue weighted by atomic mass is 79.9. The van der Waals surface area contributed by atoms with Crippen molar-refractivity contribution in [1.29, 1.82) is 0 Å². The first-order chi connectivity index (χ1) is 9.65. The summed E-state index contributed by atoms with van der Waals surface area (Å²) in [5, 5.41) is 13.1. The maximum Gasteiger partial charge on any atom is 0.120 e. The van der Waals surface area contributed by atoms with Gasteiger partial charge in [0.25, 0.3) is 0 Å². The third-order valence-corrected chi connectivity index (χ3v) is 3.36. The van der Waals surface area contributed by atoms with Gasteiger partial charge in [-0.1, -0.05) is 22.0 Å². The molecule has 4 nitrogen and oxygen atoms in total. The van der Waals surface area contributed by atoms with Crippen LogP contribution in [-0.2, 0) is 0 Å². The van der Waals surface area contributed by atoms with Gasteiger partial charge in [-0.15, -0.1) is 0 Å². The van der Waals surface area contributed by atoms with Crippen LogP contribution in [0.15, 0.2) is 51.6 Å². The third-order valence-electron chi connectivity index (χ3n) is 2.87. The van der Waals surface area contributed by atoms with Gasteiger partial charge in [-0.2, -0.15) is 0 Å². The second-order valence-corrected chi connectivity index (χ2v) is 5.48. The highest BCUT2D eigenvalue weighted by Crippen LogP contribution is 2.18. The molecule has 0 amide bonds. The zero-order valence-corrected chi connectivity index (χ0v) is 12.8. The smallest absolute Gasteiger partial charge is 0.120 e. The Hall–Kier alpha value is -1.30. The summed E-state index contributed by atoms with van der Waals surface area (Å²) >= 11 is 3.38. The highest BCUT2D eigenvalue weighted by molar-refractivity contribution is 9.10. The Morgan fingerprint density at radius 3 is 2.90 bits per heavy atom. The van der Waals surface area contributed by atoms with Crippen LogP contribution in [-0.4, -0.2) is 24.4 Å². The first kappa shape index (κ1) is 15.1. The van der Waals surface area contributed by atoms with Crippen LogP contribution < -0.4 is 10.1 Å². The minimum absolute atomic E-state index is 0.0607. The predicted molar refractivity (Wildman–Crippen MR) is 80.8 cm³/mol. The number of rotatable bonds is 7. The van der Waals surface area contributed by atoms with Crippen molar-refractivity contribution in [3.05, 3.63) is 52.9 Å². The van der Waals surface area contributed by atoms with Crippen molar-refractivity contribution >= 4 is 15.9 Å². The van der Waals surface area contributed by atoms with Gasteiger partial charge in [-0.25, -0.2) is 0 Å². The van der Waals surface area contributed by atoms with E-state index in [4.69, 9.17) is 9.15 Å². The van der Waals surface area contributed by atoms with Gasteiger partial charge >= 0.3 is 0 Å². The summed E-state index contributed by atoms with van der Waals surface area (Å²) < 4.78 is 11.8. The van der Waals surface area contributed by atoms with Crippen molar-refractivity contribution in [2.24, 2.45) is 0 Å². The molecule has 0 spiro atoms. The lowest BCUT2D eigenvalue weighted by atomic mass is 10.2. The van der Waals surface area contributed by atoms with E-state index in [-0.39, 0.29) is 12.6 Å². The average Bonchev–Trinajstić information content (AvgIpc) is 2.97. The monoisotopic (exact) mass is 339 g/mol. The molecular formula is C15H18BrNO3. The Balaban J connectivity index is 1.71. The molecule has 0 aliphatic heterocycles. The number of hydrogen-bond donors (Lipinski definition) is 2. The SMILES string of the molecule is CC(NCC(O)COc1cccc(Br)c1)c1ccco1. The van der Waals surface area contributed by atoms with E-state index in [1.807, 2.05) is 43.3 Å². The van der Waals surface area contributed by atoms with Crippen molar-refractivity contribution < 1.29 is 14.3 Å². The number of aliphatic hydroxyl groups excluding tert-OH is 1. The highest BCUT2D eigenvalue weighted by Gasteiger charge is 2.11. The second kappa shape index (κ2) is 7.47. The number of halogens is 1. The molecule has 108 valence electrons. The van der Waals surface area contributed by atoms with E-state index < -0.39 is 6.10 Å². The lowest BCUT2D eigenvalue weighted by Gasteiger charge is -2.16. The number of hydrogen-bond acceptors (Lipinski definition) is 4. The molecule has 2 aromatic rings. The minimum atomic E-state index is -0.577. The molecule has 0 bridgehead atoms. The predicted octanol–water partition coefficient (Wildman–Crippen LogP) is 3.13. The summed E-state index contributed by atoms with van der Waals surface area (Å²) in [4.78, 5) is 0. The number of furan rings is 1. The number of benzene rings is 1. The topological polar surface area (TPSA) is 54.6 Å². The van der Waals surface area contributed by atoms with Crippen LogP contribution in [0.4, 0.5) is 0 Å². The molecule has 20 heavy (non-hydrogen) atoms. The van der Waals surface area contributed by atoms with Crippen LogP contribution in [0.3, 0.4) is 0 Å². The molecule has 1 aromatic heterocycles. The lowest BCUT2D eigenvalue weighted by molar-refractivity contribution is 0.103. The van der Waals surface area contributed by atoms with E-state index in [2.05, 4.69) is 21.2 Å². The van der Waals surface area contributed by atoms with E-state index >= 15 is 0 Å². The Bertz CT molecular complexity index is 516. The minimum Gasteiger partial charge on any atom is -0.491 e. The van der Waals surface area contributed by atoms with Gasteiger partial charge in [-0.3, -0.25) is 0 Å². The maximum absolute atomic E-state index is 9.90. The van der Waals surface area contributed by atoms with Crippen LogP contribution >= 0.6 is 15.9 Å². The summed E-state index contributed by atoms with van der Waals surface area (Å²) in [6, 6.07) is 11.4. The standard InChI is InChI=1S/C15H18BrNO3/c1-11(15-6-3-7-19-15)17-9-13(18)10-20-14-5-2-4-12(16)8-14/h2-8,11,13,17-18H,9-10H2,1H3. The van der Waals surface area contributed by atoms with E-state index in [1.54, 1.807) is 6.26 Å². The Kier molecular flexibility index (Phi) is 5.64. The van der Waals surface area contributed by atoms with Crippen LogP contribution in [0, 0.1) is 0 Å². The zero-order valence-electron chi connectivity index (χ0n) is 11.3. The molecule has 2 N–H and O–H groups in total. The molecule has 0 fully saturated rings. The molecule has 2 atom stereocenters. The molecule has 2 rings (SSSR count). The maximum atomic E-state index is 9.90. The van der Waals surface area contributed by atoms with Crippen LogP contribution in [0.25, 0.3) is 0 Å². The molecule has 0 aliphatic rings. The molecule has 5 heteroatoms. The molecular weight excluding hydrogens is 322 g/mol. The first-order valence-electron chi connectivity index (χ1n) is 6.48. The fourth-order valence-electron chi connectivity index (χ4n) is 1.76. The van der Waals surface area contributed by atoms with Gasteiger partial charge in [0, 0.05) is 11.0 Å². The van der Waals surface area contributed by atoms with Crippen molar-refractivity contribution in [2.75, 3.05) is 13.2 Å². The van der Waals surface area contributed by atoms with Gasteiger partial charge in [0.05, 0.1) is 12.3 Å². The molecule has 1 heterocycles. The van der Waals surface area contributed by atoms with Crippen molar-refractivity contribution in [3.8, 4) is 5.75 Å². The van der Waals surface area contributed by atoms with Crippen molar-refractivity contribution in [3.63, 3.8) is 0 Å². The summed E-state index contributed by atoms with van der Waals surface area (Å²) in [6.07, 6.45) is 1.06. The molecule has 0 radical (unpaired) electrons. The normalized spacial score (nSPS) is 13.9. The largest absolute Gasteiger partial charge is 0.491 e. The quantitative estimate of drug-likeness (QED) is 0.813. The van der Waals surface area contributed by atoms with Crippen LogP contribution in [0.2, 0.25) is 0 Å². The van der Waals surface area contributed by atoms with E-state index in [9.17, 15) is 5.11 Å². The van der Waals surface area contributed by atoms with Gasteiger partial charge < -0.3 is 19.6 Å². The fourth-order valence-corrected chi connectivity index (χ4v) is 2.14. The summed E-state index contributed by atoms with van der Waals surface area (Å²) in [7, 11) is 0. The first-order valence-corrected chi connectivity index (χ1v) is 7.27. The summed E-state index contributed by atoms with van der Waals surface area (Å²) in [6.45, 7) is 2.67. The zero-order chi connectivity index (χ0) is 14.4. The van der Waals surface area contributed by atoms with Crippen molar-refractivity contribution in [1.82, 2.24) is 5.32 Å².